The zero-order chi connectivity index (χ0) is 30.6. The maximum atomic E-state index is 14.8. The van der Waals surface area contributed by atoms with Crippen LogP contribution in [0, 0.1) is 5.82 Å². The van der Waals surface area contributed by atoms with Crippen LogP contribution in [0.15, 0.2) is 55.4 Å². The Morgan fingerprint density at radius 2 is 1.95 bits per heavy atom. The van der Waals surface area contributed by atoms with Crippen LogP contribution < -0.4 is 25.3 Å². The lowest BCUT2D eigenvalue weighted by Gasteiger charge is -2.32. The second-order valence-electron chi connectivity index (χ2n) is 10.8. The number of carbonyl (C=O) groups excluding carboxylic acids is 1. The molecule has 1 amide bonds. The molecule has 3 fully saturated rings. The normalized spacial score (nSPS) is 20.5. The summed E-state index contributed by atoms with van der Waals surface area (Å²) in [6.07, 6.45) is 4.25. The molecule has 2 aromatic carbocycles. The van der Waals surface area contributed by atoms with E-state index in [0.717, 1.165) is 51.5 Å². The average Bonchev–Trinajstić information content (AvgIpc) is 3.73. The van der Waals surface area contributed by atoms with E-state index < -0.39 is 5.82 Å². The number of hydroxylamine groups is 1. The van der Waals surface area contributed by atoms with Gasteiger partial charge in [0.05, 0.1) is 50.0 Å². The highest BCUT2D eigenvalue weighted by Crippen LogP contribution is 2.41. The van der Waals surface area contributed by atoms with Gasteiger partial charge in [-0.1, -0.05) is 24.2 Å². The van der Waals surface area contributed by atoms with Gasteiger partial charge in [-0.2, -0.15) is 0 Å². The number of aromatic nitrogens is 2. The summed E-state index contributed by atoms with van der Waals surface area (Å²) in [5.41, 5.74) is 2.54. The third kappa shape index (κ3) is 6.43. The van der Waals surface area contributed by atoms with Gasteiger partial charge in [0.2, 0.25) is 5.91 Å². The molecule has 6 rings (SSSR count). The number of amides is 1. The number of hydrogen-bond donors (Lipinski definition) is 2. The van der Waals surface area contributed by atoms with Gasteiger partial charge in [-0.05, 0) is 30.7 Å². The minimum Gasteiger partial charge on any atom is -0.494 e. The first-order chi connectivity index (χ1) is 21.4. The van der Waals surface area contributed by atoms with Crippen molar-refractivity contribution in [3.8, 4) is 5.75 Å². The van der Waals surface area contributed by atoms with Crippen LogP contribution in [0.2, 0.25) is 5.02 Å². The predicted molar refractivity (Wildman–Crippen MR) is 167 cm³/mol. The third-order valence-corrected chi connectivity index (χ3v) is 8.43. The molecule has 11 nitrogen and oxygen atoms in total. The number of carbonyl (C=O) groups is 1. The van der Waals surface area contributed by atoms with Crippen LogP contribution >= 0.6 is 11.6 Å². The van der Waals surface area contributed by atoms with Crippen LogP contribution in [0.4, 0.5) is 33.1 Å². The van der Waals surface area contributed by atoms with Gasteiger partial charge in [0.15, 0.2) is 5.82 Å². The first kappa shape index (κ1) is 30.1. The highest BCUT2D eigenvalue weighted by molar-refractivity contribution is 6.30. The molecule has 232 valence electrons. The van der Waals surface area contributed by atoms with E-state index in [-0.39, 0.29) is 11.9 Å². The van der Waals surface area contributed by atoms with Gasteiger partial charge in [-0.25, -0.2) is 19.4 Å². The van der Waals surface area contributed by atoms with Crippen LogP contribution in [-0.4, -0.2) is 79.9 Å². The number of nitrogens with one attached hydrogen (secondary N) is 2. The van der Waals surface area contributed by atoms with E-state index in [9.17, 15) is 9.18 Å². The Hall–Kier alpha value is -3.97. The van der Waals surface area contributed by atoms with Gasteiger partial charge in [-0.15, -0.1) is 0 Å². The van der Waals surface area contributed by atoms with Crippen molar-refractivity contribution in [1.82, 2.24) is 14.9 Å². The Bertz CT molecular complexity index is 1520. The molecule has 2 N–H and O–H groups in total. The fourth-order valence-corrected chi connectivity index (χ4v) is 6.16. The second-order valence-corrected chi connectivity index (χ2v) is 11.3. The molecule has 0 bridgehead atoms. The summed E-state index contributed by atoms with van der Waals surface area (Å²) in [5, 5.41) is 8.19. The van der Waals surface area contributed by atoms with Crippen molar-refractivity contribution in [2.75, 3.05) is 73.7 Å². The van der Waals surface area contributed by atoms with Crippen molar-refractivity contribution in [2.45, 2.75) is 24.9 Å². The average molecular weight is 624 g/mol. The molecule has 1 aromatic heterocycles. The van der Waals surface area contributed by atoms with Crippen LogP contribution in [0.5, 0.6) is 5.75 Å². The monoisotopic (exact) mass is 623 g/mol. The molecule has 3 aliphatic heterocycles. The Morgan fingerprint density at radius 3 is 2.73 bits per heavy atom. The second kappa shape index (κ2) is 13.3. The van der Waals surface area contributed by atoms with Gasteiger partial charge in [0.1, 0.15) is 23.7 Å². The largest absolute Gasteiger partial charge is 0.494 e. The maximum absolute atomic E-state index is 14.8. The maximum Gasteiger partial charge on any atom is 0.247 e. The fourth-order valence-electron chi connectivity index (χ4n) is 6.01. The SMILES string of the molecule is C=CC(=O)Nc1cc(Nc2cc(N3OCC[C@@H]3c3ccc(Cl)cc3F)ncn2)c(OC)cc1N1CC[C@H](N2CCOCC2)C1. The lowest BCUT2D eigenvalue weighted by atomic mass is 10.0. The summed E-state index contributed by atoms with van der Waals surface area (Å²) < 4.78 is 26.1. The van der Waals surface area contributed by atoms with Crippen LogP contribution in [-0.2, 0) is 14.4 Å². The number of halogens is 2. The molecular formula is C31H35ClFN7O4. The molecule has 44 heavy (non-hydrogen) atoms. The minimum atomic E-state index is -0.404. The van der Waals surface area contributed by atoms with E-state index in [1.54, 1.807) is 30.4 Å². The van der Waals surface area contributed by atoms with Crippen molar-refractivity contribution in [3.63, 3.8) is 0 Å². The zero-order valence-corrected chi connectivity index (χ0v) is 25.2. The highest BCUT2D eigenvalue weighted by atomic mass is 35.5. The number of anilines is 5. The molecule has 0 radical (unpaired) electrons. The molecule has 0 spiro atoms. The van der Waals surface area contributed by atoms with Crippen LogP contribution in [0.1, 0.15) is 24.4 Å². The quantitative estimate of drug-likeness (QED) is 0.319. The number of ether oxygens (including phenoxy) is 2. The summed E-state index contributed by atoms with van der Waals surface area (Å²) in [6, 6.07) is 10.1. The third-order valence-electron chi connectivity index (χ3n) is 8.19. The van der Waals surface area contributed by atoms with Gasteiger partial charge in [0, 0.05) is 61.4 Å². The van der Waals surface area contributed by atoms with Gasteiger partial charge >= 0.3 is 0 Å². The molecule has 3 aromatic rings. The lowest BCUT2D eigenvalue weighted by molar-refractivity contribution is -0.111. The molecule has 2 atom stereocenters. The Balaban J connectivity index is 1.26. The van der Waals surface area contributed by atoms with Crippen molar-refractivity contribution in [1.29, 1.82) is 0 Å². The van der Waals surface area contributed by atoms with Crippen molar-refractivity contribution >= 4 is 46.2 Å². The van der Waals surface area contributed by atoms with E-state index in [4.69, 9.17) is 25.9 Å². The van der Waals surface area contributed by atoms with Gasteiger partial charge < -0.3 is 25.0 Å². The predicted octanol–water partition coefficient (Wildman–Crippen LogP) is 4.94. The van der Waals surface area contributed by atoms with E-state index >= 15 is 0 Å². The molecule has 0 saturated carbocycles. The van der Waals surface area contributed by atoms with Crippen LogP contribution in [0.25, 0.3) is 0 Å². The summed E-state index contributed by atoms with van der Waals surface area (Å²) in [6.45, 7) is 9.03. The first-order valence-corrected chi connectivity index (χ1v) is 15.0. The molecule has 0 unspecified atom stereocenters. The smallest absolute Gasteiger partial charge is 0.247 e. The number of hydrogen-bond acceptors (Lipinski definition) is 10. The van der Waals surface area contributed by atoms with Crippen LogP contribution in [0.3, 0.4) is 0 Å². The molecule has 0 aliphatic carbocycles. The molecule has 3 aliphatic rings. The Labute approximate surface area is 260 Å². The Kier molecular flexibility index (Phi) is 9.12. The first-order valence-electron chi connectivity index (χ1n) is 14.6. The summed E-state index contributed by atoms with van der Waals surface area (Å²) in [7, 11) is 1.60. The van der Waals surface area contributed by atoms with Gasteiger partial charge in [-0.3, -0.25) is 14.5 Å². The van der Waals surface area contributed by atoms with Gasteiger partial charge in [0.25, 0.3) is 0 Å². The number of morpholine rings is 1. The number of benzene rings is 2. The summed E-state index contributed by atoms with van der Waals surface area (Å²) >= 11 is 5.97. The minimum absolute atomic E-state index is 0.317. The number of nitrogens with zero attached hydrogens (tertiary/aromatic N) is 5. The molecule has 4 heterocycles. The Morgan fingerprint density at radius 1 is 1.11 bits per heavy atom. The number of methoxy groups -OCH3 is 1. The summed E-state index contributed by atoms with van der Waals surface area (Å²) in [4.78, 5) is 31.9. The molecule has 3 saturated heterocycles. The fraction of sp³-hybridized carbons (Fsp3) is 0.387. The van der Waals surface area contributed by atoms with Crippen molar-refractivity contribution in [3.05, 3.63) is 71.8 Å². The molecular weight excluding hydrogens is 589 g/mol. The highest BCUT2D eigenvalue weighted by Gasteiger charge is 2.32. The van der Waals surface area contributed by atoms with E-state index in [1.165, 1.54) is 18.5 Å². The van der Waals surface area contributed by atoms with E-state index in [0.29, 0.717) is 58.4 Å². The van der Waals surface area contributed by atoms with Crippen molar-refractivity contribution in [2.24, 2.45) is 0 Å². The van der Waals surface area contributed by atoms with E-state index in [1.807, 2.05) is 12.1 Å². The topological polar surface area (TPSA) is 104 Å². The summed E-state index contributed by atoms with van der Waals surface area (Å²) in [5.74, 6) is 0.772. The number of rotatable bonds is 9. The molecule has 13 heteroatoms. The standard InChI is InChI=1S/C31H35ClFN7O4/c1-3-31(41)37-24-15-25(28(42-2)16-27(24)39-8-6-21(18-39)38-9-12-43-13-10-38)36-29-17-30(35-19-34-29)40-26(7-11-44-40)22-5-4-20(32)14-23(22)33/h3-5,14-17,19,21,26H,1,6-13,18H2,2H3,(H,37,41)(H,34,35,36)/t21-,26+/m0/s1. The zero-order valence-electron chi connectivity index (χ0n) is 24.5. The lowest BCUT2D eigenvalue weighted by Crippen LogP contribution is -2.44. The van der Waals surface area contributed by atoms with Crippen molar-refractivity contribution < 1.29 is 23.5 Å². The van der Waals surface area contributed by atoms with E-state index in [2.05, 4.69) is 37.0 Å².